The zero-order chi connectivity index (χ0) is 35.7. The molecule has 49 heavy (non-hydrogen) atoms. The van der Waals surface area contributed by atoms with Gasteiger partial charge in [0, 0.05) is 12.8 Å². The fourth-order valence-corrected chi connectivity index (χ4v) is 7.25. The van der Waals surface area contributed by atoms with Crippen LogP contribution in [-0.4, -0.2) is 23.1 Å². The molecular weight excluding hydrogens is 604 g/mol. The fourth-order valence-electron chi connectivity index (χ4n) is 7.25. The lowest BCUT2D eigenvalue weighted by Crippen LogP contribution is -2.18. The summed E-state index contributed by atoms with van der Waals surface area (Å²) in [7, 11) is 0. The van der Waals surface area contributed by atoms with Crippen molar-refractivity contribution in [2.24, 2.45) is 0 Å². The average molecular weight is 693 g/mol. The van der Waals surface area contributed by atoms with Crippen molar-refractivity contribution in [1.29, 1.82) is 0 Å². The molecule has 0 aliphatic rings. The van der Waals surface area contributed by atoms with E-state index in [0.29, 0.717) is 6.42 Å². The lowest BCUT2D eigenvalue weighted by Gasteiger charge is -2.18. The number of rotatable bonds is 42. The minimum absolute atomic E-state index is 0.0111. The number of hydrogen-bond donors (Lipinski definition) is 1. The average Bonchev–Trinajstić information content (AvgIpc) is 3.09. The molecule has 0 rings (SSSR count). The van der Waals surface area contributed by atoms with Crippen LogP contribution < -0.4 is 0 Å². The number of aliphatic carboxylic acids is 1. The molecule has 4 nitrogen and oxygen atoms in total. The molecule has 0 bridgehead atoms. The molecule has 4 heteroatoms. The summed E-state index contributed by atoms with van der Waals surface area (Å²) in [5.74, 6) is -0.684. The number of carboxylic acids is 1. The van der Waals surface area contributed by atoms with Crippen molar-refractivity contribution in [1.82, 2.24) is 0 Å². The minimum atomic E-state index is -0.695. The molecule has 0 fully saturated rings. The first-order valence-electron chi connectivity index (χ1n) is 22.5. The highest BCUT2D eigenvalue weighted by atomic mass is 16.5. The molecule has 0 saturated carbocycles. The molecule has 292 valence electrons. The zero-order valence-electron chi connectivity index (χ0n) is 33.5. The molecule has 0 saturated heterocycles. The van der Waals surface area contributed by atoms with Gasteiger partial charge >= 0.3 is 11.9 Å². The van der Waals surface area contributed by atoms with Crippen LogP contribution >= 0.6 is 0 Å². The van der Waals surface area contributed by atoms with Crippen molar-refractivity contribution in [3.05, 3.63) is 0 Å². The van der Waals surface area contributed by atoms with Gasteiger partial charge in [0.25, 0.3) is 0 Å². The van der Waals surface area contributed by atoms with E-state index in [4.69, 9.17) is 9.84 Å². The zero-order valence-corrected chi connectivity index (χ0v) is 33.5. The van der Waals surface area contributed by atoms with E-state index < -0.39 is 5.97 Å². The van der Waals surface area contributed by atoms with Crippen molar-refractivity contribution >= 4 is 11.9 Å². The molecule has 0 aromatic rings. The Balaban J connectivity index is 3.85. The predicted molar refractivity (Wildman–Crippen MR) is 214 cm³/mol. The first-order valence-corrected chi connectivity index (χ1v) is 22.5. The van der Waals surface area contributed by atoms with Gasteiger partial charge in [-0.3, -0.25) is 9.59 Å². The molecular formula is C45H88O4. The van der Waals surface area contributed by atoms with Crippen LogP contribution in [0.2, 0.25) is 0 Å². The largest absolute Gasteiger partial charge is 0.481 e. The highest BCUT2D eigenvalue weighted by molar-refractivity contribution is 5.69. The summed E-state index contributed by atoms with van der Waals surface area (Å²) in [6.45, 7) is 4.57. The minimum Gasteiger partial charge on any atom is -0.481 e. The Hall–Kier alpha value is -1.06. The number of hydrogen-bond acceptors (Lipinski definition) is 3. The van der Waals surface area contributed by atoms with Crippen molar-refractivity contribution in [2.45, 2.75) is 277 Å². The van der Waals surface area contributed by atoms with Crippen LogP contribution in [0.5, 0.6) is 0 Å². The first kappa shape index (κ1) is 47.9. The molecule has 0 radical (unpaired) electrons. The lowest BCUT2D eigenvalue weighted by atomic mass is 10.0. The number of ether oxygens (including phenoxy) is 1. The SMILES string of the molecule is CCCCCCCCCCCCCCCCCCCCCCC(=O)OC(CCCCCCCCCCCCC)CCCCCCCC(=O)O. The third-order valence-electron chi connectivity index (χ3n) is 10.6. The molecule has 0 aromatic heterocycles. The Labute approximate surface area is 307 Å². The van der Waals surface area contributed by atoms with Gasteiger partial charge in [0.1, 0.15) is 6.10 Å². The van der Waals surface area contributed by atoms with Gasteiger partial charge in [-0.25, -0.2) is 0 Å². The Morgan fingerprint density at radius 2 is 0.612 bits per heavy atom. The second kappa shape index (κ2) is 41.4. The molecule has 1 N–H and O–H groups in total. The predicted octanol–water partition coefficient (Wildman–Crippen LogP) is 15.6. The van der Waals surface area contributed by atoms with Gasteiger partial charge < -0.3 is 9.84 Å². The van der Waals surface area contributed by atoms with E-state index in [9.17, 15) is 9.59 Å². The molecule has 0 aromatic carbocycles. The standard InChI is InChI=1S/C45H88O4/c1-3-5-7-9-11-13-15-16-17-18-19-20-21-22-23-25-27-29-34-38-42-45(48)49-43(40-36-32-30-33-37-41-44(46)47)39-35-31-28-26-24-14-12-10-8-6-4-2/h43H,3-42H2,1-2H3,(H,46,47). The van der Waals surface area contributed by atoms with Crippen molar-refractivity contribution in [3.63, 3.8) is 0 Å². The van der Waals surface area contributed by atoms with E-state index in [2.05, 4.69) is 13.8 Å². The molecule has 0 amide bonds. The molecule has 0 spiro atoms. The monoisotopic (exact) mass is 693 g/mol. The summed E-state index contributed by atoms with van der Waals surface area (Å²) >= 11 is 0. The van der Waals surface area contributed by atoms with E-state index in [0.717, 1.165) is 64.2 Å². The van der Waals surface area contributed by atoms with Gasteiger partial charge in [-0.2, -0.15) is 0 Å². The van der Waals surface area contributed by atoms with E-state index in [1.165, 1.54) is 180 Å². The summed E-state index contributed by atoms with van der Waals surface area (Å²) in [6.07, 6.45) is 50.0. The number of esters is 1. The van der Waals surface area contributed by atoms with E-state index in [1.807, 2.05) is 0 Å². The van der Waals surface area contributed by atoms with Crippen LogP contribution in [0, 0.1) is 0 Å². The summed E-state index contributed by atoms with van der Waals surface area (Å²) in [4.78, 5) is 23.4. The third kappa shape index (κ3) is 41.2. The summed E-state index contributed by atoms with van der Waals surface area (Å²) in [6, 6.07) is 0. The quantitative estimate of drug-likeness (QED) is 0.0511. The van der Waals surface area contributed by atoms with E-state index in [-0.39, 0.29) is 18.5 Å². The maximum Gasteiger partial charge on any atom is 0.306 e. The Morgan fingerprint density at radius 1 is 0.367 bits per heavy atom. The van der Waals surface area contributed by atoms with Crippen LogP contribution in [-0.2, 0) is 14.3 Å². The Kier molecular flexibility index (Phi) is 40.5. The van der Waals surface area contributed by atoms with Crippen LogP contribution in [0.1, 0.15) is 271 Å². The number of carboxylic acid groups (broad SMARTS) is 1. The van der Waals surface area contributed by atoms with E-state index >= 15 is 0 Å². The number of carbonyl (C=O) groups excluding carboxylic acids is 1. The molecule has 1 unspecified atom stereocenters. The van der Waals surface area contributed by atoms with Gasteiger partial charge in [-0.15, -0.1) is 0 Å². The molecule has 0 heterocycles. The fraction of sp³-hybridized carbons (Fsp3) is 0.956. The molecule has 0 aliphatic heterocycles. The Morgan fingerprint density at radius 3 is 0.898 bits per heavy atom. The van der Waals surface area contributed by atoms with Gasteiger partial charge in [0.05, 0.1) is 0 Å². The topological polar surface area (TPSA) is 63.6 Å². The second-order valence-corrected chi connectivity index (χ2v) is 15.6. The van der Waals surface area contributed by atoms with E-state index in [1.54, 1.807) is 0 Å². The van der Waals surface area contributed by atoms with Gasteiger partial charge in [-0.1, -0.05) is 219 Å². The molecule has 1 atom stereocenters. The second-order valence-electron chi connectivity index (χ2n) is 15.6. The summed E-state index contributed by atoms with van der Waals surface area (Å²) < 4.78 is 6.03. The van der Waals surface area contributed by atoms with Gasteiger partial charge in [0.15, 0.2) is 0 Å². The van der Waals surface area contributed by atoms with Crippen molar-refractivity contribution in [3.8, 4) is 0 Å². The lowest BCUT2D eigenvalue weighted by molar-refractivity contribution is -0.150. The third-order valence-corrected chi connectivity index (χ3v) is 10.6. The normalized spacial score (nSPS) is 12.0. The summed E-state index contributed by atoms with van der Waals surface area (Å²) in [5, 5.41) is 8.83. The van der Waals surface area contributed by atoms with Gasteiger partial charge in [-0.05, 0) is 38.5 Å². The highest BCUT2D eigenvalue weighted by Crippen LogP contribution is 2.20. The van der Waals surface area contributed by atoms with Crippen LogP contribution in [0.4, 0.5) is 0 Å². The number of unbranched alkanes of at least 4 members (excludes halogenated alkanes) is 33. The Bertz CT molecular complexity index is 662. The van der Waals surface area contributed by atoms with Gasteiger partial charge in [0.2, 0.25) is 0 Å². The highest BCUT2D eigenvalue weighted by Gasteiger charge is 2.14. The van der Waals surface area contributed by atoms with Crippen molar-refractivity contribution < 1.29 is 19.4 Å². The molecule has 0 aliphatic carbocycles. The van der Waals surface area contributed by atoms with Crippen molar-refractivity contribution in [2.75, 3.05) is 0 Å². The maximum atomic E-state index is 12.7. The number of carbonyl (C=O) groups is 2. The van der Waals surface area contributed by atoms with Crippen LogP contribution in [0.25, 0.3) is 0 Å². The van der Waals surface area contributed by atoms with Crippen LogP contribution in [0.15, 0.2) is 0 Å². The maximum absolute atomic E-state index is 12.7. The summed E-state index contributed by atoms with van der Waals surface area (Å²) in [5.41, 5.74) is 0. The first-order chi connectivity index (χ1) is 24.1. The smallest absolute Gasteiger partial charge is 0.306 e. The van der Waals surface area contributed by atoms with Crippen LogP contribution in [0.3, 0.4) is 0 Å².